The third kappa shape index (κ3) is 7.62. The van der Waals surface area contributed by atoms with Gasteiger partial charge in [-0.25, -0.2) is 0 Å². The van der Waals surface area contributed by atoms with Crippen molar-refractivity contribution in [3.63, 3.8) is 0 Å². The fourth-order valence-corrected chi connectivity index (χ4v) is 7.65. The Hall–Kier alpha value is -7.18. The Labute approximate surface area is 365 Å². The Kier molecular flexibility index (Phi) is 10.8. The van der Waals surface area contributed by atoms with Crippen LogP contribution < -0.4 is 0 Å². The summed E-state index contributed by atoms with van der Waals surface area (Å²) in [5.74, 6) is 0. The Morgan fingerprint density at radius 1 is 0.361 bits per heavy atom. The van der Waals surface area contributed by atoms with E-state index in [1.54, 1.807) is 18.6 Å². The molecule has 6 nitrogen and oxygen atoms in total. The molecule has 12 rings (SSSR count). The third-order valence-electron chi connectivity index (χ3n) is 10.5. The second-order valence-corrected chi connectivity index (χ2v) is 14.7. The van der Waals surface area contributed by atoms with E-state index in [0.717, 1.165) is 99.6 Å². The van der Waals surface area contributed by atoms with Gasteiger partial charge in [0.25, 0.3) is 0 Å². The molecule has 7 heteroatoms. The van der Waals surface area contributed by atoms with Crippen LogP contribution in [-0.2, 0) is 20.1 Å². The van der Waals surface area contributed by atoms with Crippen molar-refractivity contribution in [3.8, 4) is 33.8 Å². The summed E-state index contributed by atoms with van der Waals surface area (Å²) < 4.78 is 18.1. The first kappa shape index (κ1) is 39.3. The predicted molar refractivity (Wildman–Crippen MR) is 242 cm³/mol. The zero-order valence-corrected chi connectivity index (χ0v) is 35.9. The first-order valence-corrected chi connectivity index (χ1v) is 19.7. The number of aromatic nitrogens is 3. The SMILES string of the molecule is Cc1ccc2c(c1)oc1c(-c3ccccn3)[c-]ccc12.Cc1ccc2c(c1)oc1c(-c3ccccn3)[c-]ccc12.Cc1ccc2c(c1)oc1c(-c3ccccn3)[c-]ccc12.[Ir+3]. The Bertz CT molecular complexity index is 3100. The van der Waals surface area contributed by atoms with Gasteiger partial charge in [0.2, 0.25) is 0 Å². The van der Waals surface area contributed by atoms with Crippen molar-refractivity contribution in [2.75, 3.05) is 0 Å². The summed E-state index contributed by atoms with van der Waals surface area (Å²) in [4.78, 5) is 13.2. The quantitative estimate of drug-likeness (QED) is 0.164. The minimum Gasteiger partial charge on any atom is -0.501 e. The molecule has 0 radical (unpaired) electrons. The van der Waals surface area contributed by atoms with E-state index < -0.39 is 0 Å². The molecule has 6 heterocycles. The van der Waals surface area contributed by atoms with E-state index in [2.05, 4.69) is 109 Å². The van der Waals surface area contributed by atoms with Gasteiger partial charge in [-0.3, -0.25) is 0 Å². The molecule has 294 valence electrons. The number of aryl methyl sites for hydroxylation is 3. The van der Waals surface area contributed by atoms with E-state index >= 15 is 0 Å². The molecule has 0 atom stereocenters. The van der Waals surface area contributed by atoms with Crippen molar-refractivity contribution in [1.29, 1.82) is 0 Å². The van der Waals surface area contributed by atoms with Crippen LogP contribution in [0.25, 0.3) is 99.6 Å². The van der Waals surface area contributed by atoms with Gasteiger partial charge in [0, 0.05) is 34.7 Å². The first-order valence-electron chi connectivity index (χ1n) is 19.7. The van der Waals surface area contributed by atoms with Crippen molar-refractivity contribution < 1.29 is 33.4 Å². The third-order valence-corrected chi connectivity index (χ3v) is 10.5. The van der Waals surface area contributed by atoms with Gasteiger partial charge < -0.3 is 28.2 Å². The van der Waals surface area contributed by atoms with Crippen molar-refractivity contribution in [2.24, 2.45) is 0 Å². The summed E-state index contributed by atoms with van der Waals surface area (Å²) in [5.41, 5.74) is 14.3. The normalized spacial score (nSPS) is 11.1. The molecular formula is C54H36IrN3O3. The predicted octanol–water partition coefficient (Wildman–Crippen LogP) is 14.3. The average molecular weight is 967 g/mol. The van der Waals surface area contributed by atoms with E-state index in [9.17, 15) is 0 Å². The number of rotatable bonds is 3. The molecule has 6 aromatic heterocycles. The molecule has 0 aliphatic carbocycles. The fourth-order valence-electron chi connectivity index (χ4n) is 7.65. The van der Waals surface area contributed by atoms with Crippen molar-refractivity contribution in [3.05, 3.63) is 199 Å². The van der Waals surface area contributed by atoms with Crippen LogP contribution in [0, 0.1) is 39.0 Å². The molecule has 61 heavy (non-hydrogen) atoms. The maximum absolute atomic E-state index is 6.05. The molecule has 0 amide bonds. The van der Waals surface area contributed by atoms with Gasteiger partial charge in [0.15, 0.2) is 0 Å². The molecule has 12 aromatic rings. The molecule has 0 saturated carbocycles. The van der Waals surface area contributed by atoms with Crippen molar-refractivity contribution in [2.45, 2.75) is 20.8 Å². The van der Waals surface area contributed by atoms with Gasteiger partial charge in [-0.1, -0.05) is 106 Å². The van der Waals surface area contributed by atoms with Crippen LogP contribution in [0.5, 0.6) is 0 Å². The fraction of sp³-hybridized carbons (Fsp3) is 0.0556. The maximum Gasteiger partial charge on any atom is 3.00 e. The second kappa shape index (κ2) is 16.8. The van der Waals surface area contributed by atoms with Crippen LogP contribution in [0.1, 0.15) is 16.7 Å². The summed E-state index contributed by atoms with van der Waals surface area (Å²) in [6.07, 6.45) is 5.36. The smallest absolute Gasteiger partial charge is 0.501 e. The van der Waals surface area contributed by atoms with Crippen LogP contribution >= 0.6 is 0 Å². The van der Waals surface area contributed by atoms with Gasteiger partial charge in [-0.05, 0) is 90.9 Å². The van der Waals surface area contributed by atoms with Gasteiger partial charge in [0.1, 0.15) is 16.7 Å². The van der Waals surface area contributed by atoms with Gasteiger partial charge in [-0.2, -0.15) is 0 Å². The molecule has 0 bridgehead atoms. The van der Waals surface area contributed by atoms with E-state index in [4.69, 9.17) is 13.3 Å². The molecule has 0 unspecified atom stereocenters. The minimum absolute atomic E-state index is 0. The van der Waals surface area contributed by atoms with Crippen LogP contribution in [0.2, 0.25) is 0 Å². The van der Waals surface area contributed by atoms with Crippen molar-refractivity contribution in [1.82, 2.24) is 15.0 Å². The van der Waals surface area contributed by atoms with Gasteiger partial charge in [0.05, 0.1) is 16.7 Å². The molecule has 0 fully saturated rings. The molecule has 0 spiro atoms. The molecular weight excluding hydrogens is 931 g/mol. The standard InChI is InChI=1S/3C18H12NO.Ir/c3*1-12-8-9-13-14-5-4-6-15(16-7-2-3-10-19-16)18(14)20-17(13)11-12;/h3*2-5,7-11H,1H3;/q3*-1;+3. The number of pyridine rings is 3. The largest absolute Gasteiger partial charge is 3.00 e. The Morgan fingerprint density at radius 3 is 0.951 bits per heavy atom. The number of benzene rings is 6. The number of fused-ring (bicyclic) bond motifs is 9. The molecule has 0 saturated heterocycles. The summed E-state index contributed by atoms with van der Waals surface area (Å²) in [6, 6.07) is 58.1. The zero-order chi connectivity index (χ0) is 40.6. The van der Waals surface area contributed by atoms with E-state index in [1.165, 1.54) is 16.7 Å². The summed E-state index contributed by atoms with van der Waals surface area (Å²) in [6.45, 7) is 6.20. The number of hydrogen-bond donors (Lipinski definition) is 0. The Morgan fingerprint density at radius 2 is 0.672 bits per heavy atom. The summed E-state index contributed by atoms with van der Waals surface area (Å²) in [7, 11) is 0. The minimum atomic E-state index is 0. The molecule has 6 aromatic carbocycles. The molecule has 0 aliphatic heterocycles. The number of furan rings is 3. The van der Waals surface area contributed by atoms with E-state index in [-0.39, 0.29) is 20.1 Å². The second-order valence-electron chi connectivity index (χ2n) is 14.7. The summed E-state index contributed by atoms with van der Waals surface area (Å²) >= 11 is 0. The van der Waals surface area contributed by atoms with Crippen LogP contribution in [0.15, 0.2) is 177 Å². The molecule has 0 N–H and O–H groups in total. The number of hydrogen-bond acceptors (Lipinski definition) is 6. The van der Waals surface area contributed by atoms with Gasteiger partial charge >= 0.3 is 20.1 Å². The number of nitrogens with zero attached hydrogens (tertiary/aromatic N) is 3. The maximum atomic E-state index is 6.05. The van der Waals surface area contributed by atoms with E-state index in [0.29, 0.717) is 0 Å². The van der Waals surface area contributed by atoms with Crippen LogP contribution in [0.3, 0.4) is 0 Å². The van der Waals surface area contributed by atoms with Crippen molar-refractivity contribution >= 4 is 65.8 Å². The van der Waals surface area contributed by atoms with Crippen LogP contribution in [0.4, 0.5) is 0 Å². The topological polar surface area (TPSA) is 78.1 Å². The van der Waals surface area contributed by atoms with Gasteiger partial charge in [-0.15, -0.1) is 54.6 Å². The zero-order valence-electron chi connectivity index (χ0n) is 33.5. The first-order chi connectivity index (χ1) is 29.5. The summed E-state index contributed by atoms with van der Waals surface area (Å²) in [5, 5.41) is 6.74. The molecule has 0 aliphatic rings. The monoisotopic (exact) mass is 967 g/mol. The van der Waals surface area contributed by atoms with Crippen LogP contribution in [-0.4, -0.2) is 15.0 Å². The average Bonchev–Trinajstić information content (AvgIpc) is 3.98. The van der Waals surface area contributed by atoms with E-state index in [1.807, 2.05) is 91.0 Å². The Balaban J connectivity index is 0.000000116.